The van der Waals surface area contributed by atoms with Crippen LogP contribution in [0.25, 0.3) is 54.4 Å². The van der Waals surface area contributed by atoms with Crippen molar-refractivity contribution in [1.82, 2.24) is 29.3 Å². The molecular weight excluding hydrogens is 1100 g/mol. The Bertz CT molecular complexity index is 4020. The van der Waals surface area contributed by atoms with Crippen LogP contribution in [0.4, 0.5) is 38.9 Å². The number of ether oxygens (including phenoxy) is 3. The zero-order valence-electron chi connectivity index (χ0n) is 43.9. The number of nitrogen functional groups attached to an aromatic ring is 1. The second-order valence-corrected chi connectivity index (χ2v) is 22.7. The van der Waals surface area contributed by atoms with Gasteiger partial charge in [-0.1, -0.05) is 38.1 Å². The molecule has 0 spiro atoms. The molecule has 2 amide bonds. The molecule has 3 fully saturated rings. The van der Waals surface area contributed by atoms with Gasteiger partial charge < -0.3 is 39.4 Å². The topological polar surface area (TPSA) is 231 Å². The van der Waals surface area contributed by atoms with E-state index < -0.39 is 70.4 Å². The number of hydrogen-bond acceptors (Lipinski definition) is 16. The highest BCUT2D eigenvalue weighted by Gasteiger charge is 2.50. The number of carbonyl (C=O) groups excluding carboxylic acids is 3. The highest BCUT2D eigenvalue weighted by atomic mass is 35.5. The second-order valence-electron chi connectivity index (χ2n) is 21.3. The molecule has 81 heavy (non-hydrogen) atoms. The maximum absolute atomic E-state index is 17.5. The summed E-state index contributed by atoms with van der Waals surface area (Å²) in [4.78, 5) is 73.6. The van der Waals surface area contributed by atoms with Gasteiger partial charge in [0.15, 0.2) is 11.4 Å². The molecule has 3 saturated heterocycles. The van der Waals surface area contributed by atoms with Gasteiger partial charge in [-0.3, -0.25) is 19.8 Å². The minimum Gasteiger partial charge on any atom is -0.461 e. The number of carbonyl (C=O) groups is 3. The first-order chi connectivity index (χ1) is 38.8. The Morgan fingerprint density at radius 2 is 1.89 bits per heavy atom. The van der Waals surface area contributed by atoms with Crippen LogP contribution in [0.5, 0.6) is 6.01 Å². The molecule has 0 saturated carbocycles. The average molecular weight is 1150 g/mol. The van der Waals surface area contributed by atoms with Crippen LogP contribution in [0.2, 0.25) is 5.02 Å². The van der Waals surface area contributed by atoms with Crippen molar-refractivity contribution in [2.24, 2.45) is 0 Å². The molecule has 24 heteroatoms. The monoisotopic (exact) mass is 1150 g/mol. The number of nitrogens with zero attached hydrogens (tertiary/aromatic N) is 8. The molecule has 18 nitrogen and oxygen atoms in total. The van der Waals surface area contributed by atoms with E-state index in [1.165, 1.54) is 27.7 Å². The van der Waals surface area contributed by atoms with Gasteiger partial charge in [0.2, 0.25) is 0 Å². The fourth-order valence-electron chi connectivity index (χ4n) is 12.4. The third-order valence-corrected chi connectivity index (χ3v) is 17.9. The third kappa shape index (κ3) is 8.67. The van der Waals surface area contributed by atoms with E-state index in [9.17, 15) is 33.9 Å². The number of alkyl halides is 1. The molecule has 4 N–H and O–H groups in total. The van der Waals surface area contributed by atoms with Crippen LogP contribution in [-0.2, 0) is 37.8 Å². The summed E-state index contributed by atoms with van der Waals surface area (Å²) in [7, 11) is 0. The summed E-state index contributed by atoms with van der Waals surface area (Å²) in [6.07, 6.45) is -1.38. The summed E-state index contributed by atoms with van der Waals surface area (Å²) in [5.41, 5.74) is 4.30. The van der Waals surface area contributed by atoms with Crippen molar-refractivity contribution in [3.05, 3.63) is 110 Å². The Morgan fingerprint density at radius 1 is 1.09 bits per heavy atom. The average Bonchev–Trinajstić information content (AvgIpc) is 3.56. The Kier molecular flexibility index (Phi) is 13.2. The van der Waals surface area contributed by atoms with Crippen LogP contribution < -0.4 is 26.2 Å². The molecule has 5 atom stereocenters. The Morgan fingerprint density at radius 3 is 2.64 bits per heavy atom. The summed E-state index contributed by atoms with van der Waals surface area (Å²) >= 11 is 7.83. The summed E-state index contributed by atoms with van der Waals surface area (Å²) in [6.45, 7) is 10.3. The van der Waals surface area contributed by atoms with E-state index in [4.69, 9.17) is 36.5 Å². The summed E-state index contributed by atoms with van der Waals surface area (Å²) in [6, 6.07) is 11.0. The van der Waals surface area contributed by atoms with Gasteiger partial charge in [-0.05, 0) is 75.0 Å². The molecule has 0 bridgehead atoms. The lowest BCUT2D eigenvalue weighted by Gasteiger charge is -2.41. The van der Waals surface area contributed by atoms with E-state index in [-0.39, 0.29) is 153 Å². The van der Waals surface area contributed by atoms with Gasteiger partial charge in [-0.15, -0.1) is 11.3 Å². The molecule has 418 valence electrons. The third-order valence-electron chi connectivity index (χ3n) is 16.6. The van der Waals surface area contributed by atoms with Gasteiger partial charge in [0.05, 0.1) is 61.1 Å². The smallest absolute Gasteiger partial charge is 0.412 e. The first kappa shape index (κ1) is 53.7. The van der Waals surface area contributed by atoms with E-state index in [1.54, 1.807) is 26.0 Å². The van der Waals surface area contributed by atoms with Crippen LogP contribution >= 0.6 is 22.9 Å². The number of nitrogens with one attached hydrogen (secondary N) is 1. The molecule has 0 aliphatic carbocycles. The number of pyridine rings is 2. The largest absolute Gasteiger partial charge is 0.461 e. The van der Waals surface area contributed by atoms with E-state index in [0.29, 0.717) is 35.3 Å². The maximum atomic E-state index is 17.5. The van der Waals surface area contributed by atoms with E-state index >= 15 is 13.2 Å². The normalized spacial score (nSPS) is 21.6. The van der Waals surface area contributed by atoms with Crippen molar-refractivity contribution in [2.75, 3.05) is 55.3 Å². The van der Waals surface area contributed by atoms with Crippen LogP contribution in [0.15, 0.2) is 59.4 Å². The SMILES string of the molecule is C=C(C(=O)N1CCN(c2nc(OC[C@]34CCCN3C[C@@H](F)C4)nc3c(F)c(-c4ccc(F)c5sc(N)c(C#N)c45)c(Cl)cc23)[C@H](C)C1)[C@@H](CC)OC(=O)Nc1cc2cc3c(nc2cc1F)-c1cc2c(c(=O)n1C3)COC(=O)[C@@]2(O)CC. The number of amides is 2. The molecule has 5 aliphatic heterocycles. The van der Waals surface area contributed by atoms with Gasteiger partial charge in [0.25, 0.3) is 11.5 Å². The first-order valence-corrected chi connectivity index (χ1v) is 27.6. The van der Waals surface area contributed by atoms with Gasteiger partial charge in [0, 0.05) is 77.6 Å². The number of nitriles is 1. The second kappa shape index (κ2) is 20.0. The Labute approximate surface area is 468 Å². The van der Waals surface area contributed by atoms with Crippen LogP contribution in [-0.4, -0.2) is 116 Å². The number of benzene rings is 3. The molecule has 3 aromatic carbocycles. The summed E-state index contributed by atoms with van der Waals surface area (Å²) < 4.78 is 82.0. The van der Waals surface area contributed by atoms with Crippen molar-refractivity contribution >= 4 is 89.3 Å². The molecule has 0 unspecified atom stereocenters. The van der Waals surface area contributed by atoms with Crippen molar-refractivity contribution in [3.8, 4) is 34.6 Å². The lowest BCUT2D eigenvalue weighted by molar-refractivity contribution is -0.172. The fourth-order valence-corrected chi connectivity index (χ4v) is 13.7. The maximum Gasteiger partial charge on any atom is 0.412 e. The summed E-state index contributed by atoms with van der Waals surface area (Å²) in [5.74, 6) is -3.56. The number of fused-ring (bicyclic) bond motifs is 8. The van der Waals surface area contributed by atoms with E-state index in [1.807, 2.05) is 17.9 Å². The number of hydrogen-bond donors (Lipinski definition) is 3. The lowest BCUT2D eigenvalue weighted by Crippen LogP contribution is -2.55. The van der Waals surface area contributed by atoms with E-state index in [0.717, 1.165) is 29.9 Å². The lowest BCUT2D eigenvalue weighted by atomic mass is 9.86. The predicted octanol–water partition coefficient (Wildman–Crippen LogP) is 9.00. The van der Waals surface area contributed by atoms with Crippen molar-refractivity contribution in [1.29, 1.82) is 5.26 Å². The number of halogens is 5. The molecule has 9 heterocycles. The summed E-state index contributed by atoms with van der Waals surface area (Å²) in [5, 5.41) is 24.4. The number of cyclic esters (lactones) is 1. The van der Waals surface area contributed by atoms with Gasteiger partial charge in [-0.2, -0.15) is 15.2 Å². The van der Waals surface area contributed by atoms with Gasteiger partial charge in [0.1, 0.15) is 59.5 Å². The van der Waals surface area contributed by atoms with Crippen molar-refractivity contribution < 1.29 is 51.3 Å². The van der Waals surface area contributed by atoms with Gasteiger partial charge in [-0.25, -0.2) is 32.1 Å². The number of thiophene rings is 1. The Hall–Kier alpha value is -7.91. The number of esters is 1. The Balaban J connectivity index is 0.775. The fraction of sp³-hybridized carbons (Fsp3) is 0.368. The molecular formula is C57H51ClF4N10O8S. The quantitative estimate of drug-likeness (QED) is 0.0623. The number of piperazine rings is 1. The van der Waals surface area contributed by atoms with Crippen LogP contribution in [0, 0.1) is 28.8 Å². The predicted molar refractivity (Wildman–Crippen MR) is 294 cm³/mol. The number of aliphatic hydroxyl groups is 1. The standard InChI is InChI=1S/C57H51ClF4N10O8S/c1-5-42(80-55(76)66-40-15-28-14-29-22-72-41(46(29)65-39(28)18-38(40)61)17-35-34(52(72)74)24-78-53(75)57(35,77)6-2)27(4)51(73)69-12-13-71(26(3)21-69)50-32-16-36(58)44(31-8-9-37(60)48-43(31)33(20-63)49(64)81-48)45(62)47(32)67-54(68-50)79-25-56-10-7-11-70(56)23-30(59)19-56/h8-9,14-18,26,30,42,77H,4-7,10-13,19,21-25,64H2,1-3H3,(H,66,76)/t26-,30+,42-,56-,57-/m1/s1. The molecule has 4 aromatic heterocycles. The number of anilines is 3. The zero-order valence-corrected chi connectivity index (χ0v) is 45.5. The minimum absolute atomic E-state index is 0.0298. The van der Waals surface area contributed by atoms with Crippen LogP contribution in [0.1, 0.15) is 75.1 Å². The van der Waals surface area contributed by atoms with Crippen molar-refractivity contribution in [2.45, 2.75) is 95.5 Å². The number of nitrogens with two attached hydrogens (primary N) is 1. The first-order valence-electron chi connectivity index (χ1n) is 26.4. The van der Waals surface area contributed by atoms with Gasteiger partial charge >= 0.3 is 18.1 Å². The highest BCUT2D eigenvalue weighted by Crippen LogP contribution is 2.47. The van der Waals surface area contributed by atoms with Crippen molar-refractivity contribution in [3.63, 3.8) is 0 Å². The molecule has 12 rings (SSSR count). The van der Waals surface area contributed by atoms with Crippen LogP contribution in [0.3, 0.4) is 0 Å². The zero-order chi connectivity index (χ0) is 57.1. The number of rotatable bonds is 11. The highest BCUT2D eigenvalue weighted by molar-refractivity contribution is 7.23. The number of aromatic nitrogens is 4. The molecule has 0 radical (unpaired) electrons. The van der Waals surface area contributed by atoms with E-state index in [2.05, 4.69) is 26.8 Å². The molecule has 7 aromatic rings. The molecule has 5 aliphatic rings. The minimum atomic E-state index is -2.02.